The van der Waals surface area contributed by atoms with Crippen LogP contribution in [0.4, 0.5) is 5.69 Å². The van der Waals surface area contributed by atoms with Gasteiger partial charge in [-0.05, 0) is 62.6 Å². The van der Waals surface area contributed by atoms with Gasteiger partial charge in [0, 0.05) is 28.7 Å². The number of nitrogens with one attached hydrogen (secondary N) is 1. The van der Waals surface area contributed by atoms with Crippen LogP contribution >= 0.6 is 23.2 Å². The molecular weight excluding hydrogens is 509 g/mol. The Morgan fingerprint density at radius 3 is 2.23 bits per heavy atom. The molecule has 0 saturated heterocycles. The van der Waals surface area contributed by atoms with E-state index in [9.17, 15) is 18.0 Å². The van der Waals surface area contributed by atoms with E-state index in [1.165, 1.54) is 4.90 Å². The first-order valence-corrected chi connectivity index (χ1v) is 14.0. The zero-order valence-electron chi connectivity index (χ0n) is 20.8. The lowest BCUT2D eigenvalue weighted by molar-refractivity contribution is -0.139. The minimum absolute atomic E-state index is 0.0514. The minimum Gasteiger partial charge on any atom is -0.354 e. The second-order valence-corrected chi connectivity index (χ2v) is 11.3. The summed E-state index contributed by atoms with van der Waals surface area (Å²) in [5.74, 6) is -0.894. The molecule has 0 fully saturated rings. The van der Waals surface area contributed by atoms with E-state index in [0.29, 0.717) is 27.8 Å². The molecule has 192 valence electrons. The highest BCUT2D eigenvalue weighted by molar-refractivity contribution is 7.92. The van der Waals surface area contributed by atoms with Crippen molar-refractivity contribution in [1.29, 1.82) is 0 Å². The summed E-state index contributed by atoms with van der Waals surface area (Å²) < 4.78 is 26.4. The highest BCUT2D eigenvalue weighted by Crippen LogP contribution is 2.27. The third-order valence-corrected chi connectivity index (χ3v) is 7.69. The second kappa shape index (κ2) is 12.6. The number of aryl methyl sites for hydroxylation is 2. The van der Waals surface area contributed by atoms with Gasteiger partial charge in [0.2, 0.25) is 21.8 Å². The van der Waals surface area contributed by atoms with Crippen molar-refractivity contribution in [2.24, 2.45) is 0 Å². The van der Waals surface area contributed by atoms with Gasteiger partial charge < -0.3 is 10.2 Å². The predicted molar refractivity (Wildman–Crippen MR) is 142 cm³/mol. The maximum absolute atomic E-state index is 13.6. The van der Waals surface area contributed by atoms with Crippen LogP contribution in [0.2, 0.25) is 10.0 Å². The maximum atomic E-state index is 13.6. The number of unbranched alkanes of at least 4 members (excludes halogenated alkanes) is 1. The van der Waals surface area contributed by atoms with E-state index in [1.54, 1.807) is 43.3 Å². The second-order valence-electron chi connectivity index (χ2n) is 8.58. The zero-order valence-corrected chi connectivity index (χ0v) is 23.1. The fraction of sp³-hybridized carbons (Fsp3) is 0.440. The van der Waals surface area contributed by atoms with Crippen LogP contribution in [0.5, 0.6) is 0 Å². The summed E-state index contributed by atoms with van der Waals surface area (Å²) in [7, 11) is -3.80. The molecule has 0 saturated carbocycles. The van der Waals surface area contributed by atoms with Crippen LogP contribution in [0.3, 0.4) is 0 Å². The molecule has 35 heavy (non-hydrogen) atoms. The van der Waals surface area contributed by atoms with Crippen molar-refractivity contribution in [2.45, 2.75) is 53.1 Å². The standard InChI is InChI=1S/C25H33Cl2N3O4S/c1-6-7-13-28-25(32)19(4)29(15-21-22(26)9-8-10-23(21)27)24(31)16-30(35(5,33)34)20-12-11-17(2)18(3)14-20/h8-12,14,19H,6-7,13,15-16H2,1-5H3,(H,28,32)/t19-/m1/s1. The molecule has 0 radical (unpaired) electrons. The van der Waals surface area contributed by atoms with Crippen molar-refractivity contribution >= 4 is 50.7 Å². The summed E-state index contributed by atoms with van der Waals surface area (Å²) in [6.07, 6.45) is 2.76. The molecule has 2 amide bonds. The summed E-state index contributed by atoms with van der Waals surface area (Å²) in [6, 6.07) is 9.29. The fourth-order valence-electron chi connectivity index (χ4n) is 3.47. The first kappa shape index (κ1) is 28.9. The number of hydrogen-bond donors (Lipinski definition) is 1. The van der Waals surface area contributed by atoms with Crippen LogP contribution in [0.1, 0.15) is 43.4 Å². The Morgan fingerprint density at radius 2 is 1.69 bits per heavy atom. The smallest absolute Gasteiger partial charge is 0.244 e. The zero-order chi connectivity index (χ0) is 26.3. The molecule has 0 aliphatic rings. The third-order valence-electron chi connectivity index (χ3n) is 5.84. The molecule has 0 heterocycles. The first-order chi connectivity index (χ1) is 16.4. The number of nitrogens with zero attached hydrogens (tertiary/aromatic N) is 2. The highest BCUT2D eigenvalue weighted by Gasteiger charge is 2.31. The van der Waals surface area contributed by atoms with Gasteiger partial charge in [-0.2, -0.15) is 0 Å². The van der Waals surface area contributed by atoms with E-state index in [0.717, 1.165) is 34.5 Å². The van der Waals surface area contributed by atoms with Crippen LogP contribution < -0.4 is 9.62 Å². The van der Waals surface area contributed by atoms with Gasteiger partial charge in [-0.1, -0.05) is 48.7 Å². The van der Waals surface area contributed by atoms with Crippen molar-refractivity contribution in [3.05, 3.63) is 63.1 Å². The molecule has 7 nitrogen and oxygen atoms in total. The molecule has 1 atom stereocenters. The van der Waals surface area contributed by atoms with Gasteiger partial charge in [-0.25, -0.2) is 8.42 Å². The molecule has 0 aliphatic heterocycles. The van der Waals surface area contributed by atoms with E-state index in [2.05, 4.69) is 5.32 Å². The van der Waals surface area contributed by atoms with Crippen molar-refractivity contribution in [3.8, 4) is 0 Å². The van der Waals surface area contributed by atoms with Crippen molar-refractivity contribution in [2.75, 3.05) is 23.7 Å². The van der Waals surface area contributed by atoms with Gasteiger partial charge in [-0.3, -0.25) is 13.9 Å². The molecule has 0 aromatic heterocycles. The van der Waals surface area contributed by atoms with Gasteiger partial charge in [0.1, 0.15) is 12.6 Å². The lowest BCUT2D eigenvalue weighted by Gasteiger charge is -2.32. The summed E-state index contributed by atoms with van der Waals surface area (Å²) in [5.41, 5.74) is 2.75. The van der Waals surface area contributed by atoms with Crippen LogP contribution in [-0.2, 0) is 26.2 Å². The highest BCUT2D eigenvalue weighted by atomic mass is 35.5. The number of halogens is 2. The van der Waals surface area contributed by atoms with Crippen LogP contribution in [0.25, 0.3) is 0 Å². The summed E-state index contributed by atoms with van der Waals surface area (Å²) in [5, 5.41) is 3.53. The maximum Gasteiger partial charge on any atom is 0.244 e. The summed E-state index contributed by atoms with van der Waals surface area (Å²) in [6.45, 7) is 7.35. The van der Waals surface area contributed by atoms with Crippen LogP contribution in [-0.4, -0.2) is 50.5 Å². The SMILES string of the molecule is CCCCNC(=O)[C@@H](C)N(Cc1c(Cl)cccc1Cl)C(=O)CN(c1ccc(C)c(C)c1)S(C)(=O)=O. The van der Waals surface area contributed by atoms with Gasteiger partial charge in [-0.15, -0.1) is 0 Å². The Bertz CT molecular complexity index is 1150. The fourth-order valence-corrected chi connectivity index (χ4v) is 4.83. The van der Waals surface area contributed by atoms with E-state index in [4.69, 9.17) is 23.2 Å². The number of sulfonamides is 1. The number of rotatable bonds is 11. The quantitative estimate of drug-likeness (QED) is 0.417. The summed E-state index contributed by atoms with van der Waals surface area (Å²) >= 11 is 12.7. The Kier molecular flexibility index (Phi) is 10.4. The average molecular weight is 543 g/mol. The number of carbonyl (C=O) groups is 2. The lowest BCUT2D eigenvalue weighted by atomic mass is 10.1. The molecule has 0 bridgehead atoms. The molecule has 2 rings (SSSR count). The average Bonchev–Trinajstić information content (AvgIpc) is 2.78. The molecule has 0 spiro atoms. The van der Waals surface area contributed by atoms with Crippen molar-refractivity contribution in [1.82, 2.24) is 10.2 Å². The molecule has 10 heteroatoms. The van der Waals surface area contributed by atoms with E-state index >= 15 is 0 Å². The van der Waals surface area contributed by atoms with Crippen molar-refractivity contribution < 1.29 is 18.0 Å². The molecule has 1 N–H and O–H groups in total. The normalized spacial score (nSPS) is 12.2. The van der Waals surface area contributed by atoms with Crippen molar-refractivity contribution in [3.63, 3.8) is 0 Å². The van der Waals surface area contributed by atoms with Gasteiger partial charge in [0.05, 0.1) is 11.9 Å². The first-order valence-electron chi connectivity index (χ1n) is 11.4. The van der Waals surface area contributed by atoms with Gasteiger partial charge in [0.25, 0.3) is 0 Å². The topological polar surface area (TPSA) is 86.8 Å². The molecule has 0 aliphatic carbocycles. The molecule has 0 unspecified atom stereocenters. The number of amides is 2. The minimum atomic E-state index is -3.80. The molecular formula is C25H33Cl2N3O4S. The third kappa shape index (κ3) is 7.85. The Morgan fingerprint density at radius 1 is 1.06 bits per heavy atom. The number of anilines is 1. The van der Waals surface area contributed by atoms with Gasteiger partial charge >= 0.3 is 0 Å². The lowest BCUT2D eigenvalue weighted by Crippen LogP contribution is -2.51. The number of benzene rings is 2. The largest absolute Gasteiger partial charge is 0.354 e. The van der Waals surface area contributed by atoms with Gasteiger partial charge in [0.15, 0.2) is 0 Å². The number of hydrogen-bond acceptors (Lipinski definition) is 4. The monoisotopic (exact) mass is 541 g/mol. The summed E-state index contributed by atoms with van der Waals surface area (Å²) in [4.78, 5) is 27.8. The Labute approximate surface area is 218 Å². The molecule has 2 aromatic carbocycles. The Hall–Kier alpha value is -2.29. The predicted octanol–water partition coefficient (Wildman–Crippen LogP) is 4.71. The van der Waals surface area contributed by atoms with Crippen LogP contribution in [0.15, 0.2) is 36.4 Å². The van der Waals surface area contributed by atoms with E-state index in [-0.39, 0.29) is 12.5 Å². The number of carbonyl (C=O) groups excluding carboxylic acids is 2. The Balaban J connectivity index is 2.43. The van der Waals surface area contributed by atoms with E-state index < -0.39 is 28.5 Å². The molecule has 2 aromatic rings. The van der Waals surface area contributed by atoms with E-state index in [1.807, 2.05) is 20.8 Å². The van der Waals surface area contributed by atoms with Crippen LogP contribution in [0, 0.1) is 13.8 Å².